The van der Waals surface area contributed by atoms with Crippen molar-refractivity contribution in [3.63, 3.8) is 0 Å². The van der Waals surface area contributed by atoms with Gasteiger partial charge in [0, 0.05) is 12.1 Å². The number of nitrogens with zero attached hydrogens (tertiary/aromatic N) is 1. The molecule has 2 aliphatic rings. The molecule has 0 bridgehead atoms. The summed E-state index contributed by atoms with van der Waals surface area (Å²) >= 11 is 0. The Morgan fingerprint density at radius 1 is 1.11 bits per heavy atom. The molecule has 0 amide bonds. The SMILES string of the molecule is CCC1(CC)CCN(C2(CN)CCCC2C)CC1. The fraction of sp³-hybridized carbons (Fsp3) is 1.00. The van der Waals surface area contributed by atoms with Crippen molar-refractivity contribution < 1.29 is 0 Å². The van der Waals surface area contributed by atoms with Gasteiger partial charge in [0.15, 0.2) is 0 Å². The van der Waals surface area contributed by atoms with Crippen molar-refractivity contribution in [1.29, 1.82) is 0 Å². The Balaban J connectivity index is 2.04. The van der Waals surface area contributed by atoms with Crippen molar-refractivity contribution in [1.82, 2.24) is 4.90 Å². The Morgan fingerprint density at radius 3 is 2.11 bits per heavy atom. The third kappa shape index (κ3) is 2.22. The quantitative estimate of drug-likeness (QED) is 0.831. The number of rotatable bonds is 4. The maximum absolute atomic E-state index is 6.18. The predicted octanol–water partition coefficient (Wildman–Crippen LogP) is 3.41. The van der Waals surface area contributed by atoms with E-state index in [0.717, 1.165) is 12.5 Å². The summed E-state index contributed by atoms with van der Waals surface area (Å²) in [5, 5.41) is 0. The van der Waals surface area contributed by atoms with Crippen molar-refractivity contribution in [2.75, 3.05) is 19.6 Å². The van der Waals surface area contributed by atoms with Crippen LogP contribution in [-0.2, 0) is 0 Å². The van der Waals surface area contributed by atoms with E-state index in [1.54, 1.807) is 0 Å². The van der Waals surface area contributed by atoms with E-state index in [4.69, 9.17) is 5.73 Å². The van der Waals surface area contributed by atoms with E-state index in [9.17, 15) is 0 Å². The molecule has 1 aliphatic carbocycles. The molecular formula is C16H32N2. The third-order valence-corrected chi connectivity index (χ3v) is 6.47. The predicted molar refractivity (Wildman–Crippen MR) is 78.6 cm³/mol. The van der Waals surface area contributed by atoms with Crippen LogP contribution in [0.5, 0.6) is 0 Å². The maximum atomic E-state index is 6.18. The zero-order valence-corrected chi connectivity index (χ0v) is 12.7. The first kappa shape index (κ1) is 14.3. The minimum Gasteiger partial charge on any atom is -0.329 e. The normalized spacial score (nSPS) is 37.0. The van der Waals surface area contributed by atoms with Crippen molar-refractivity contribution >= 4 is 0 Å². The molecule has 2 heteroatoms. The Morgan fingerprint density at radius 2 is 1.72 bits per heavy atom. The van der Waals surface area contributed by atoms with E-state index in [2.05, 4.69) is 25.7 Å². The Kier molecular flexibility index (Phi) is 4.38. The molecule has 2 fully saturated rings. The molecule has 1 saturated carbocycles. The smallest absolute Gasteiger partial charge is 0.0357 e. The highest BCUT2D eigenvalue weighted by atomic mass is 15.2. The Labute approximate surface area is 113 Å². The molecule has 0 aromatic carbocycles. The van der Waals surface area contributed by atoms with Crippen LogP contribution in [0.1, 0.15) is 65.7 Å². The molecule has 1 aliphatic heterocycles. The van der Waals surface area contributed by atoms with Crippen LogP contribution < -0.4 is 5.73 Å². The van der Waals surface area contributed by atoms with Gasteiger partial charge in [-0.25, -0.2) is 0 Å². The summed E-state index contributed by atoms with van der Waals surface area (Å²) in [6.07, 6.45) is 9.55. The van der Waals surface area contributed by atoms with Gasteiger partial charge in [-0.2, -0.15) is 0 Å². The van der Waals surface area contributed by atoms with Crippen molar-refractivity contribution in [3.05, 3.63) is 0 Å². The highest BCUT2D eigenvalue weighted by Crippen LogP contribution is 2.45. The van der Waals surface area contributed by atoms with Gasteiger partial charge in [0.2, 0.25) is 0 Å². The summed E-state index contributed by atoms with van der Waals surface area (Å²) in [5.74, 6) is 0.790. The van der Waals surface area contributed by atoms with Crippen LogP contribution >= 0.6 is 0 Å². The van der Waals surface area contributed by atoms with Gasteiger partial charge in [0.05, 0.1) is 0 Å². The van der Waals surface area contributed by atoms with E-state index < -0.39 is 0 Å². The maximum Gasteiger partial charge on any atom is 0.0357 e. The van der Waals surface area contributed by atoms with Crippen LogP contribution in [0.2, 0.25) is 0 Å². The molecule has 2 rings (SSSR count). The Bertz CT molecular complexity index is 262. The van der Waals surface area contributed by atoms with Crippen LogP contribution in [0.4, 0.5) is 0 Å². The first-order chi connectivity index (χ1) is 8.62. The summed E-state index contributed by atoms with van der Waals surface area (Å²) in [7, 11) is 0. The number of piperidine rings is 1. The molecule has 0 aromatic rings. The zero-order chi connectivity index (χ0) is 13.2. The van der Waals surface area contributed by atoms with Gasteiger partial charge in [-0.1, -0.05) is 40.0 Å². The van der Waals surface area contributed by atoms with Gasteiger partial charge in [0.1, 0.15) is 0 Å². The molecule has 2 unspecified atom stereocenters. The largest absolute Gasteiger partial charge is 0.329 e. The molecule has 106 valence electrons. The minimum absolute atomic E-state index is 0.341. The fourth-order valence-corrected chi connectivity index (χ4v) is 4.52. The molecule has 0 radical (unpaired) electrons. The summed E-state index contributed by atoms with van der Waals surface area (Å²) < 4.78 is 0. The average Bonchev–Trinajstić information content (AvgIpc) is 2.81. The molecule has 1 saturated heterocycles. The van der Waals surface area contributed by atoms with Crippen molar-refractivity contribution in [2.24, 2.45) is 17.1 Å². The van der Waals surface area contributed by atoms with Gasteiger partial charge < -0.3 is 5.73 Å². The number of hydrogen-bond acceptors (Lipinski definition) is 2. The summed E-state index contributed by atoms with van der Waals surface area (Å²) in [6, 6.07) is 0. The van der Waals surface area contributed by atoms with Gasteiger partial charge >= 0.3 is 0 Å². The lowest BCUT2D eigenvalue weighted by Gasteiger charge is -2.50. The van der Waals surface area contributed by atoms with Gasteiger partial charge in [-0.3, -0.25) is 4.90 Å². The molecule has 2 atom stereocenters. The van der Waals surface area contributed by atoms with E-state index in [-0.39, 0.29) is 0 Å². The van der Waals surface area contributed by atoms with Crippen LogP contribution in [0.25, 0.3) is 0 Å². The lowest BCUT2D eigenvalue weighted by Crippen LogP contribution is -2.59. The average molecular weight is 252 g/mol. The monoisotopic (exact) mass is 252 g/mol. The second-order valence-electron chi connectivity index (χ2n) is 6.80. The third-order valence-electron chi connectivity index (χ3n) is 6.47. The van der Waals surface area contributed by atoms with Gasteiger partial charge in [0.25, 0.3) is 0 Å². The van der Waals surface area contributed by atoms with Crippen LogP contribution in [0, 0.1) is 11.3 Å². The van der Waals surface area contributed by atoms with E-state index in [0.29, 0.717) is 11.0 Å². The van der Waals surface area contributed by atoms with Gasteiger partial charge in [-0.15, -0.1) is 0 Å². The number of nitrogens with two attached hydrogens (primary N) is 1. The first-order valence-corrected chi connectivity index (χ1v) is 8.07. The molecule has 18 heavy (non-hydrogen) atoms. The first-order valence-electron chi connectivity index (χ1n) is 8.07. The molecule has 2 N–H and O–H groups in total. The zero-order valence-electron chi connectivity index (χ0n) is 12.7. The number of hydrogen-bond donors (Lipinski definition) is 1. The van der Waals surface area contributed by atoms with E-state index in [1.807, 2.05) is 0 Å². The lowest BCUT2D eigenvalue weighted by atomic mass is 9.72. The summed E-state index contributed by atoms with van der Waals surface area (Å²) in [5.41, 5.74) is 7.15. The molecule has 0 spiro atoms. The van der Waals surface area contributed by atoms with E-state index >= 15 is 0 Å². The second kappa shape index (κ2) is 5.50. The molecule has 0 aromatic heterocycles. The highest BCUT2D eigenvalue weighted by Gasteiger charge is 2.46. The van der Waals surface area contributed by atoms with Crippen LogP contribution in [-0.4, -0.2) is 30.1 Å². The topological polar surface area (TPSA) is 29.3 Å². The molecule has 1 heterocycles. The van der Waals surface area contributed by atoms with E-state index in [1.165, 1.54) is 58.0 Å². The summed E-state index contributed by atoms with van der Waals surface area (Å²) in [6.45, 7) is 10.6. The minimum atomic E-state index is 0.341. The molecular weight excluding hydrogens is 220 g/mol. The van der Waals surface area contributed by atoms with Crippen LogP contribution in [0.3, 0.4) is 0 Å². The van der Waals surface area contributed by atoms with Gasteiger partial charge in [-0.05, 0) is 50.1 Å². The van der Waals surface area contributed by atoms with Crippen LogP contribution in [0.15, 0.2) is 0 Å². The van der Waals surface area contributed by atoms with Crippen molar-refractivity contribution in [3.8, 4) is 0 Å². The highest BCUT2D eigenvalue weighted by molar-refractivity contribution is 5.02. The Hall–Kier alpha value is -0.0800. The summed E-state index contributed by atoms with van der Waals surface area (Å²) in [4.78, 5) is 2.76. The fourth-order valence-electron chi connectivity index (χ4n) is 4.52. The standard InChI is InChI=1S/C16H32N2/c1-4-15(5-2)9-11-18(12-10-15)16(13-17)8-6-7-14(16)3/h14H,4-13,17H2,1-3H3. The number of likely N-dealkylation sites (tertiary alicyclic amines) is 1. The lowest BCUT2D eigenvalue weighted by molar-refractivity contribution is -0.000623. The molecule has 2 nitrogen and oxygen atoms in total. The second-order valence-corrected chi connectivity index (χ2v) is 6.80. The van der Waals surface area contributed by atoms with Crippen molar-refractivity contribution in [2.45, 2.75) is 71.3 Å².